The molecule has 4 heteroatoms. The van der Waals surface area contributed by atoms with Crippen molar-refractivity contribution < 1.29 is 4.79 Å². The van der Waals surface area contributed by atoms with E-state index in [1.54, 1.807) is 6.92 Å². The van der Waals surface area contributed by atoms with Crippen molar-refractivity contribution in [2.75, 3.05) is 20.6 Å². The van der Waals surface area contributed by atoms with E-state index in [0.29, 0.717) is 6.54 Å². The lowest BCUT2D eigenvalue weighted by Crippen LogP contribution is -2.49. The molecule has 0 heterocycles. The first-order valence-electron chi connectivity index (χ1n) is 4.36. The molecule has 0 spiro atoms. The second kappa shape index (κ2) is 4.82. The number of rotatable bonds is 4. The van der Waals surface area contributed by atoms with Crippen LogP contribution in [0.3, 0.4) is 0 Å². The molecule has 0 rings (SSSR count). The summed E-state index contributed by atoms with van der Waals surface area (Å²) in [5, 5.41) is 2.33. The van der Waals surface area contributed by atoms with Crippen molar-refractivity contribution in [3.05, 3.63) is 0 Å². The largest absolute Gasteiger partial charge is 0.353 e. The molecule has 1 N–H and O–H groups in total. The van der Waals surface area contributed by atoms with Gasteiger partial charge in [0.15, 0.2) is 0 Å². The molecule has 1 unspecified atom stereocenters. The fourth-order valence-corrected chi connectivity index (χ4v) is 0.679. The molecule has 0 aliphatic carbocycles. The minimum Gasteiger partial charge on any atom is -0.353 e. The third kappa shape index (κ3) is 4.48. The molecule has 1 amide bonds. The average molecular weight is 207 g/mol. The van der Waals surface area contributed by atoms with E-state index in [2.05, 4.69) is 24.1 Å². The van der Waals surface area contributed by atoms with Crippen molar-refractivity contribution in [1.82, 2.24) is 10.2 Å². The SMILES string of the molecule is CC(Cl)C(=O)NCC(C)(C)N(C)C. The summed E-state index contributed by atoms with van der Waals surface area (Å²) in [5.74, 6) is -0.114. The van der Waals surface area contributed by atoms with Gasteiger partial charge in [-0.05, 0) is 34.9 Å². The maximum atomic E-state index is 11.2. The summed E-state index contributed by atoms with van der Waals surface area (Å²) in [4.78, 5) is 13.2. The summed E-state index contributed by atoms with van der Waals surface area (Å²) >= 11 is 5.61. The smallest absolute Gasteiger partial charge is 0.237 e. The van der Waals surface area contributed by atoms with Crippen LogP contribution in [0.1, 0.15) is 20.8 Å². The minimum absolute atomic E-state index is 0.0402. The minimum atomic E-state index is -0.460. The van der Waals surface area contributed by atoms with Gasteiger partial charge in [-0.1, -0.05) is 0 Å². The van der Waals surface area contributed by atoms with Gasteiger partial charge in [0.1, 0.15) is 5.38 Å². The summed E-state index contributed by atoms with van der Waals surface area (Å²) in [5.41, 5.74) is -0.0402. The van der Waals surface area contributed by atoms with Crippen LogP contribution in [0.25, 0.3) is 0 Å². The molecular weight excluding hydrogens is 188 g/mol. The number of hydrogen-bond donors (Lipinski definition) is 1. The van der Waals surface area contributed by atoms with Crippen LogP contribution in [-0.4, -0.2) is 42.4 Å². The molecule has 13 heavy (non-hydrogen) atoms. The average Bonchev–Trinajstić information content (AvgIpc) is 1.99. The monoisotopic (exact) mass is 206 g/mol. The summed E-state index contributed by atoms with van der Waals surface area (Å²) in [7, 11) is 3.96. The normalized spacial score (nSPS) is 14.4. The fraction of sp³-hybridized carbons (Fsp3) is 0.889. The Morgan fingerprint density at radius 1 is 1.54 bits per heavy atom. The van der Waals surface area contributed by atoms with Crippen molar-refractivity contribution >= 4 is 17.5 Å². The summed E-state index contributed by atoms with van der Waals surface area (Å²) in [6, 6.07) is 0. The molecule has 0 fully saturated rings. The number of nitrogens with one attached hydrogen (secondary N) is 1. The van der Waals surface area contributed by atoms with E-state index in [9.17, 15) is 4.79 Å². The Morgan fingerprint density at radius 2 is 2.00 bits per heavy atom. The van der Waals surface area contributed by atoms with E-state index >= 15 is 0 Å². The molecule has 0 radical (unpaired) electrons. The highest BCUT2D eigenvalue weighted by molar-refractivity contribution is 6.30. The summed E-state index contributed by atoms with van der Waals surface area (Å²) in [6.45, 7) is 6.40. The van der Waals surface area contributed by atoms with E-state index in [0.717, 1.165) is 0 Å². The van der Waals surface area contributed by atoms with Crippen LogP contribution < -0.4 is 5.32 Å². The molecule has 0 aromatic carbocycles. The molecule has 1 atom stereocenters. The predicted molar refractivity (Wildman–Crippen MR) is 56.1 cm³/mol. The third-order valence-electron chi connectivity index (χ3n) is 2.27. The van der Waals surface area contributed by atoms with Gasteiger partial charge in [-0.2, -0.15) is 0 Å². The van der Waals surface area contributed by atoms with Crippen LogP contribution in [0.15, 0.2) is 0 Å². The van der Waals surface area contributed by atoms with Gasteiger partial charge in [0, 0.05) is 12.1 Å². The second-order valence-corrected chi connectivity index (χ2v) is 4.70. The molecule has 0 aliphatic heterocycles. The number of carbonyl (C=O) groups is 1. The van der Waals surface area contributed by atoms with Crippen LogP contribution in [0.2, 0.25) is 0 Å². The summed E-state index contributed by atoms with van der Waals surface area (Å²) in [6.07, 6.45) is 0. The first-order chi connectivity index (χ1) is 5.77. The Labute approximate surface area is 85.4 Å². The van der Waals surface area contributed by atoms with E-state index in [1.807, 2.05) is 14.1 Å². The van der Waals surface area contributed by atoms with Gasteiger partial charge in [-0.25, -0.2) is 0 Å². The van der Waals surface area contributed by atoms with Gasteiger partial charge in [0.2, 0.25) is 5.91 Å². The van der Waals surface area contributed by atoms with Crippen molar-refractivity contribution in [2.24, 2.45) is 0 Å². The fourth-order valence-electron chi connectivity index (χ4n) is 0.602. The predicted octanol–water partition coefficient (Wildman–Crippen LogP) is 1.07. The Kier molecular flexibility index (Phi) is 4.71. The van der Waals surface area contributed by atoms with Gasteiger partial charge < -0.3 is 10.2 Å². The zero-order valence-electron chi connectivity index (χ0n) is 9.02. The zero-order valence-corrected chi connectivity index (χ0v) is 9.77. The van der Waals surface area contributed by atoms with Crippen molar-refractivity contribution in [1.29, 1.82) is 0 Å². The van der Waals surface area contributed by atoms with Gasteiger partial charge in [-0.15, -0.1) is 11.6 Å². The highest BCUT2D eigenvalue weighted by Crippen LogP contribution is 2.08. The van der Waals surface area contributed by atoms with Crippen LogP contribution in [0, 0.1) is 0 Å². The number of amides is 1. The lowest BCUT2D eigenvalue weighted by molar-refractivity contribution is -0.120. The van der Waals surface area contributed by atoms with Crippen molar-refractivity contribution in [2.45, 2.75) is 31.7 Å². The molecule has 0 aliphatic rings. The molecule has 0 aromatic rings. The quantitative estimate of drug-likeness (QED) is 0.698. The van der Waals surface area contributed by atoms with Gasteiger partial charge in [-0.3, -0.25) is 4.79 Å². The first-order valence-corrected chi connectivity index (χ1v) is 4.80. The standard InChI is InChI=1S/C9H19ClN2O/c1-7(10)8(13)11-6-9(2,3)12(4)5/h7H,6H2,1-5H3,(H,11,13). The maximum absolute atomic E-state index is 11.2. The first kappa shape index (κ1) is 12.7. The zero-order chi connectivity index (χ0) is 10.6. The van der Waals surface area contributed by atoms with Crippen LogP contribution in [0.5, 0.6) is 0 Å². The van der Waals surface area contributed by atoms with E-state index < -0.39 is 5.38 Å². The molecule has 0 saturated carbocycles. The highest BCUT2D eigenvalue weighted by atomic mass is 35.5. The van der Waals surface area contributed by atoms with Crippen LogP contribution in [-0.2, 0) is 4.79 Å². The van der Waals surface area contributed by atoms with Crippen molar-refractivity contribution in [3.8, 4) is 0 Å². The Hall–Kier alpha value is -0.280. The lowest BCUT2D eigenvalue weighted by Gasteiger charge is -2.32. The Balaban J connectivity index is 3.95. The van der Waals surface area contributed by atoms with Gasteiger partial charge >= 0.3 is 0 Å². The van der Waals surface area contributed by atoms with E-state index in [4.69, 9.17) is 11.6 Å². The third-order valence-corrected chi connectivity index (χ3v) is 2.47. The molecule has 3 nitrogen and oxygen atoms in total. The van der Waals surface area contributed by atoms with Crippen molar-refractivity contribution in [3.63, 3.8) is 0 Å². The van der Waals surface area contributed by atoms with Gasteiger partial charge in [0.25, 0.3) is 0 Å². The van der Waals surface area contributed by atoms with Crippen LogP contribution >= 0.6 is 11.6 Å². The second-order valence-electron chi connectivity index (χ2n) is 4.04. The topological polar surface area (TPSA) is 32.3 Å². The number of likely N-dealkylation sites (N-methyl/N-ethyl adjacent to an activating group) is 1. The maximum Gasteiger partial charge on any atom is 0.237 e. The number of halogens is 1. The highest BCUT2D eigenvalue weighted by Gasteiger charge is 2.21. The van der Waals surface area contributed by atoms with E-state index in [1.165, 1.54) is 0 Å². The van der Waals surface area contributed by atoms with Crippen LogP contribution in [0.4, 0.5) is 0 Å². The number of alkyl halides is 1. The Bertz CT molecular complexity index is 178. The number of carbonyl (C=O) groups excluding carboxylic acids is 1. The summed E-state index contributed by atoms with van der Waals surface area (Å²) < 4.78 is 0. The molecule has 0 saturated heterocycles. The molecular formula is C9H19ClN2O. The molecule has 0 bridgehead atoms. The van der Waals surface area contributed by atoms with Gasteiger partial charge in [0.05, 0.1) is 0 Å². The number of hydrogen-bond acceptors (Lipinski definition) is 2. The Morgan fingerprint density at radius 3 is 2.31 bits per heavy atom. The molecule has 0 aromatic heterocycles. The number of nitrogens with zero attached hydrogens (tertiary/aromatic N) is 1. The molecule has 78 valence electrons. The lowest BCUT2D eigenvalue weighted by atomic mass is 10.0. The van der Waals surface area contributed by atoms with E-state index in [-0.39, 0.29) is 11.4 Å².